The summed E-state index contributed by atoms with van der Waals surface area (Å²) in [7, 11) is 0. The van der Waals surface area contributed by atoms with E-state index in [2.05, 4.69) is 27.7 Å². The Morgan fingerprint density at radius 1 is 0.800 bits per heavy atom. The van der Waals surface area contributed by atoms with Gasteiger partial charge >= 0.3 is 0 Å². The van der Waals surface area contributed by atoms with Crippen LogP contribution in [0.3, 0.4) is 0 Å². The smallest absolute Gasteiger partial charge is 0.0355 e. The predicted molar refractivity (Wildman–Crippen MR) is 66.7 cm³/mol. The minimum absolute atomic E-state index is 0.906. The molecule has 2 fully saturated rings. The summed E-state index contributed by atoms with van der Waals surface area (Å²) in [5.41, 5.74) is 0. The molecule has 4 unspecified atom stereocenters. The van der Waals surface area contributed by atoms with Gasteiger partial charge in [-0.1, -0.05) is 40.5 Å². The third-order valence-corrected chi connectivity index (χ3v) is 5.48. The van der Waals surface area contributed by atoms with Gasteiger partial charge in [-0.05, 0) is 54.8 Å². The summed E-state index contributed by atoms with van der Waals surface area (Å²) >= 11 is 0. The highest BCUT2D eigenvalue weighted by atomic mass is 14.4. The molecular weight excluding hydrogens is 180 g/mol. The first-order valence-electron chi connectivity index (χ1n) is 7.09. The molecule has 0 heterocycles. The summed E-state index contributed by atoms with van der Waals surface area (Å²) in [6.45, 7) is 9.86. The summed E-state index contributed by atoms with van der Waals surface area (Å²) in [5, 5.41) is 0. The molecular formula is C15H28. The van der Waals surface area contributed by atoms with Crippen LogP contribution in [0, 0.1) is 35.5 Å². The molecule has 15 heavy (non-hydrogen) atoms. The molecule has 0 N–H and O–H groups in total. The highest BCUT2D eigenvalue weighted by molar-refractivity contribution is 4.90. The van der Waals surface area contributed by atoms with E-state index in [4.69, 9.17) is 0 Å². The van der Waals surface area contributed by atoms with Crippen LogP contribution in [0.5, 0.6) is 0 Å². The van der Waals surface area contributed by atoms with Gasteiger partial charge in [0.15, 0.2) is 0 Å². The van der Waals surface area contributed by atoms with E-state index in [9.17, 15) is 0 Å². The van der Waals surface area contributed by atoms with E-state index in [1.165, 1.54) is 32.1 Å². The summed E-state index contributed by atoms with van der Waals surface area (Å²) in [4.78, 5) is 0. The lowest BCUT2D eigenvalue weighted by atomic mass is 9.78. The zero-order chi connectivity index (χ0) is 11.0. The Bertz CT molecular complexity index is 206. The molecule has 0 aromatic rings. The van der Waals surface area contributed by atoms with Crippen molar-refractivity contribution < 1.29 is 0 Å². The maximum Gasteiger partial charge on any atom is -0.0355 e. The molecule has 2 rings (SSSR count). The van der Waals surface area contributed by atoms with Gasteiger partial charge in [0.05, 0.1) is 0 Å². The van der Waals surface area contributed by atoms with E-state index in [0.29, 0.717) is 0 Å². The molecule has 2 aliphatic carbocycles. The molecule has 0 aliphatic heterocycles. The summed E-state index contributed by atoms with van der Waals surface area (Å²) in [6, 6.07) is 0. The normalized spacial score (nSPS) is 46.6. The van der Waals surface area contributed by atoms with Gasteiger partial charge in [-0.25, -0.2) is 0 Å². The number of hydrogen-bond donors (Lipinski definition) is 0. The maximum absolute atomic E-state index is 2.51. The van der Waals surface area contributed by atoms with E-state index < -0.39 is 0 Å². The monoisotopic (exact) mass is 208 g/mol. The Morgan fingerprint density at radius 2 is 1.40 bits per heavy atom. The van der Waals surface area contributed by atoms with Crippen LogP contribution in [0.15, 0.2) is 0 Å². The van der Waals surface area contributed by atoms with Crippen molar-refractivity contribution in [3.63, 3.8) is 0 Å². The fraction of sp³-hybridized carbons (Fsp3) is 1.00. The van der Waals surface area contributed by atoms with Crippen molar-refractivity contribution in [2.24, 2.45) is 35.5 Å². The molecule has 0 aromatic heterocycles. The highest BCUT2D eigenvalue weighted by Gasteiger charge is 2.40. The van der Waals surface area contributed by atoms with Crippen LogP contribution in [0.2, 0.25) is 0 Å². The Kier molecular flexibility index (Phi) is 3.42. The lowest BCUT2D eigenvalue weighted by molar-refractivity contribution is 0.223. The van der Waals surface area contributed by atoms with Crippen LogP contribution in [0.1, 0.15) is 59.8 Å². The molecule has 0 bridgehead atoms. The molecule has 0 aromatic carbocycles. The SMILES string of the molecule is CC(C)C1CC[C@@H](C)C2CCC(C)C2C1. The van der Waals surface area contributed by atoms with Crippen molar-refractivity contribution in [2.75, 3.05) is 0 Å². The second-order valence-electron chi connectivity index (χ2n) is 6.68. The Balaban J connectivity index is 2.09. The molecule has 0 radical (unpaired) electrons. The van der Waals surface area contributed by atoms with Crippen molar-refractivity contribution >= 4 is 0 Å². The molecule has 2 aliphatic rings. The first-order valence-corrected chi connectivity index (χ1v) is 7.09. The zero-order valence-electron chi connectivity index (χ0n) is 11.0. The van der Waals surface area contributed by atoms with Crippen LogP contribution in [0.25, 0.3) is 0 Å². The third-order valence-electron chi connectivity index (χ3n) is 5.48. The standard InChI is InChI=1S/C15H28/c1-10(2)13-7-5-11(3)14-8-6-12(4)15(14)9-13/h10-15H,5-9H2,1-4H3/t11-,12?,13?,14?,15?/m1/s1. The number of fused-ring (bicyclic) bond motifs is 1. The second kappa shape index (κ2) is 4.47. The molecule has 0 amide bonds. The fourth-order valence-electron chi connectivity index (χ4n) is 4.18. The Morgan fingerprint density at radius 3 is 2.07 bits per heavy atom. The van der Waals surface area contributed by atoms with Gasteiger partial charge in [0, 0.05) is 0 Å². The molecule has 88 valence electrons. The van der Waals surface area contributed by atoms with Gasteiger partial charge in [-0.3, -0.25) is 0 Å². The molecule has 0 nitrogen and oxygen atoms in total. The van der Waals surface area contributed by atoms with Crippen molar-refractivity contribution in [3.8, 4) is 0 Å². The Hall–Kier alpha value is 0. The van der Waals surface area contributed by atoms with Gasteiger partial charge in [-0.2, -0.15) is 0 Å². The van der Waals surface area contributed by atoms with E-state index in [1.807, 2.05) is 0 Å². The molecule has 0 heteroatoms. The molecule has 0 saturated heterocycles. The minimum Gasteiger partial charge on any atom is -0.0625 e. The molecule has 2 saturated carbocycles. The van der Waals surface area contributed by atoms with E-state index in [-0.39, 0.29) is 0 Å². The van der Waals surface area contributed by atoms with Crippen molar-refractivity contribution in [2.45, 2.75) is 59.8 Å². The number of hydrogen-bond acceptors (Lipinski definition) is 0. The zero-order valence-corrected chi connectivity index (χ0v) is 11.0. The van der Waals surface area contributed by atoms with Gasteiger partial charge in [0.2, 0.25) is 0 Å². The van der Waals surface area contributed by atoms with Crippen LogP contribution in [-0.4, -0.2) is 0 Å². The van der Waals surface area contributed by atoms with Gasteiger partial charge < -0.3 is 0 Å². The first kappa shape index (κ1) is 11.5. The van der Waals surface area contributed by atoms with Crippen molar-refractivity contribution in [1.82, 2.24) is 0 Å². The second-order valence-corrected chi connectivity index (χ2v) is 6.68. The topological polar surface area (TPSA) is 0 Å². The maximum atomic E-state index is 2.51. The minimum atomic E-state index is 0.906. The van der Waals surface area contributed by atoms with Crippen molar-refractivity contribution in [3.05, 3.63) is 0 Å². The summed E-state index contributed by atoms with van der Waals surface area (Å²) in [6.07, 6.45) is 7.56. The van der Waals surface area contributed by atoms with Crippen LogP contribution >= 0.6 is 0 Å². The average molecular weight is 208 g/mol. The highest BCUT2D eigenvalue weighted by Crippen LogP contribution is 2.49. The van der Waals surface area contributed by atoms with Gasteiger partial charge in [0.25, 0.3) is 0 Å². The summed E-state index contributed by atoms with van der Waals surface area (Å²) < 4.78 is 0. The first-order chi connectivity index (χ1) is 7.09. The number of rotatable bonds is 1. The van der Waals surface area contributed by atoms with Crippen LogP contribution in [-0.2, 0) is 0 Å². The Labute approximate surface area is 95.8 Å². The van der Waals surface area contributed by atoms with Crippen LogP contribution in [0.4, 0.5) is 0 Å². The predicted octanol–water partition coefficient (Wildman–Crippen LogP) is 4.74. The lowest BCUT2D eigenvalue weighted by Gasteiger charge is -2.27. The lowest BCUT2D eigenvalue weighted by Crippen LogP contribution is -2.19. The van der Waals surface area contributed by atoms with Gasteiger partial charge in [0.1, 0.15) is 0 Å². The summed E-state index contributed by atoms with van der Waals surface area (Å²) in [5.74, 6) is 6.07. The van der Waals surface area contributed by atoms with Crippen LogP contribution < -0.4 is 0 Å². The molecule has 0 spiro atoms. The van der Waals surface area contributed by atoms with E-state index in [1.54, 1.807) is 0 Å². The van der Waals surface area contributed by atoms with Crippen molar-refractivity contribution in [1.29, 1.82) is 0 Å². The largest absolute Gasteiger partial charge is 0.0625 e. The quantitative estimate of drug-likeness (QED) is 0.584. The van der Waals surface area contributed by atoms with Gasteiger partial charge in [-0.15, -0.1) is 0 Å². The van der Waals surface area contributed by atoms with E-state index >= 15 is 0 Å². The fourth-order valence-corrected chi connectivity index (χ4v) is 4.18. The average Bonchev–Trinajstić information content (AvgIpc) is 2.43. The third kappa shape index (κ3) is 2.24. The van der Waals surface area contributed by atoms with E-state index in [0.717, 1.165) is 35.5 Å². The molecule has 5 atom stereocenters.